The number of furan rings is 1. The van der Waals surface area contributed by atoms with Crippen molar-refractivity contribution in [3.8, 4) is 0 Å². The van der Waals surface area contributed by atoms with Gasteiger partial charge < -0.3 is 20.0 Å². The second kappa shape index (κ2) is 7.43. The van der Waals surface area contributed by atoms with Crippen LogP contribution in [0.1, 0.15) is 34.8 Å². The summed E-state index contributed by atoms with van der Waals surface area (Å²) in [5.74, 6) is -0.0893. The van der Waals surface area contributed by atoms with E-state index in [2.05, 4.69) is 15.7 Å². The third-order valence-corrected chi connectivity index (χ3v) is 4.95. The summed E-state index contributed by atoms with van der Waals surface area (Å²) in [7, 11) is 3.78. The predicted molar refractivity (Wildman–Crippen MR) is 106 cm³/mol. The Morgan fingerprint density at radius 2 is 2.00 bits per heavy atom. The van der Waals surface area contributed by atoms with Crippen LogP contribution in [0, 0.1) is 0 Å². The van der Waals surface area contributed by atoms with Crippen molar-refractivity contribution in [3.05, 3.63) is 60.2 Å². The molecular formula is C20H20F3N5O2. The van der Waals surface area contributed by atoms with Gasteiger partial charge in [0.1, 0.15) is 11.6 Å². The number of carbonyl (C=O) groups excluding carboxylic acids is 1. The van der Waals surface area contributed by atoms with Crippen molar-refractivity contribution in [2.75, 3.05) is 29.6 Å². The van der Waals surface area contributed by atoms with Gasteiger partial charge in [-0.2, -0.15) is 18.3 Å². The van der Waals surface area contributed by atoms with Gasteiger partial charge in [-0.15, -0.1) is 0 Å². The molecule has 2 N–H and O–H groups in total. The van der Waals surface area contributed by atoms with Crippen LogP contribution >= 0.6 is 0 Å². The first-order valence-corrected chi connectivity index (χ1v) is 9.27. The van der Waals surface area contributed by atoms with Gasteiger partial charge in [0.25, 0.3) is 5.91 Å². The molecule has 0 aliphatic carbocycles. The lowest BCUT2D eigenvalue weighted by atomic mass is 10.0. The van der Waals surface area contributed by atoms with Crippen LogP contribution in [-0.4, -0.2) is 36.0 Å². The van der Waals surface area contributed by atoms with Crippen molar-refractivity contribution < 1.29 is 22.4 Å². The summed E-state index contributed by atoms with van der Waals surface area (Å²) in [5, 5.41) is 9.59. The largest absolute Gasteiger partial charge is 0.467 e. The van der Waals surface area contributed by atoms with Crippen LogP contribution in [0.5, 0.6) is 0 Å². The molecule has 158 valence electrons. The van der Waals surface area contributed by atoms with Crippen molar-refractivity contribution in [2.24, 2.45) is 0 Å². The summed E-state index contributed by atoms with van der Waals surface area (Å²) in [5.41, 5.74) is 1.36. The Morgan fingerprint density at radius 3 is 2.60 bits per heavy atom. The van der Waals surface area contributed by atoms with E-state index in [0.29, 0.717) is 11.4 Å². The highest BCUT2D eigenvalue weighted by atomic mass is 19.4. The monoisotopic (exact) mass is 419 g/mol. The molecule has 0 radical (unpaired) electrons. The molecule has 0 saturated heterocycles. The Balaban J connectivity index is 1.59. The lowest BCUT2D eigenvalue weighted by Gasteiger charge is -2.32. The van der Waals surface area contributed by atoms with E-state index in [4.69, 9.17) is 4.42 Å². The summed E-state index contributed by atoms with van der Waals surface area (Å²) in [4.78, 5) is 14.5. The van der Waals surface area contributed by atoms with Crippen molar-refractivity contribution in [2.45, 2.75) is 24.7 Å². The lowest BCUT2D eigenvalue weighted by molar-refractivity contribution is -0.174. The number of rotatable bonds is 4. The maximum atomic E-state index is 13.7. The Bertz CT molecular complexity index is 1030. The van der Waals surface area contributed by atoms with Crippen molar-refractivity contribution in [1.29, 1.82) is 0 Å². The number of anilines is 3. The van der Waals surface area contributed by atoms with E-state index in [-0.39, 0.29) is 17.9 Å². The number of fused-ring (bicyclic) bond motifs is 1. The number of hydrogen-bond acceptors (Lipinski definition) is 5. The van der Waals surface area contributed by atoms with Gasteiger partial charge in [-0.3, -0.25) is 4.79 Å². The number of nitrogens with zero attached hydrogens (tertiary/aromatic N) is 3. The van der Waals surface area contributed by atoms with E-state index in [1.165, 1.54) is 12.3 Å². The quantitative estimate of drug-likeness (QED) is 0.653. The summed E-state index contributed by atoms with van der Waals surface area (Å²) >= 11 is 0. The molecule has 1 aromatic carbocycles. The molecule has 0 fully saturated rings. The molecule has 0 unspecified atom stereocenters. The van der Waals surface area contributed by atoms with Crippen molar-refractivity contribution in [3.63, 3.8) is 0 Å². The van der Waals surface area contributed by atoms with Crippen LogP contribution in [0.25, 0.3) is 0 Å². The average molecular weight is 419 g/mol. The lowest BCUT2D eigenvalue weighted by Crippen LogP contribution is -2.35. The van der Waals surface area contributed by atoms with Crippen LogP contribution < -0.4 is 15.5 Å². The summed E-state index contributed by atoms with van der Waals surface area (Å²) < 4.78 is 47.1. The van der Waals surface area contributed by atoms with Gasteiger partial charge in [-0.25, -0.2) is 4.68 Å². The zero-order valence-corrected chi connectivity index (χ0v) is 16.3. The molecule has 0 saturated carbocycles. The summed E-state index contributed by atoms with van der Waals surface area (Å²) in [6.07, 6.45) is -3.41. The highest BCUT2D eigenvalue weighted by Gasteiger charge is 2.47. The van der Waals surface area contributed by atoms with Crippen molar-refractivity contribution >= 4 is 23.1 Å². The molecule has 3 heterocycles. The zero-order valence-electron chi connectivity index (χ0n) is 16.3. The molecule has 1 aliphatic heterocycles. The van der Waals surface area contributed by atoms with E-state index in [0.717, 1.165) is 10.4 Å². The number of carbonyl (C=O) groups is 1. The topological polar surface area (TPSA) is 75.3 Å². The molecule has 4 rings (SSSR count). The minimum atomic E-state index is -4.52. The van der Waals surface area contributed by atoms with Gasteiger partial charge in [0.05, 0.1) is 12.3 Å². The highest BCUT2D eigenvalue weighted by molar-refractivity contribution is 6.03. The van der Waals surface area contributed by atoms with Gasteiger partial charge in [0.2, 0.25) is 0 Å². The molecule has 0 bridgehead atoms. The maximum Gasteiger partial charge on any atom is 0.410 e. The van der Waals surface area contributed by atoms with Crippen LogP contribution in [-0.2, 0) is 0 Å². The third-order valence-electron chi connectivity index (χ3n) is 4.95. The highest BCUT2D eigenvalue weighted by Crippen LogP contribution is 2.43. The molecule has 2 aromatic heterocycles. The maximum absolute atomic E-state index is 13.7. The Hall–Kier alpha value is -3.43. The number of aromatic nitrogens is 2. The fourth-order valence-electron chi connectivity index (χ4n) is 3.40. The number of amides is 1. The van der Waals surface area contributed by atoms with E-state index in [1.54, 1.807) is 24.3 Å². The van der Waals surface area contributed by atoms with Crippen LogP contribution in [0.3, 0.4) is 0 Å². The first-order chi connectivity index (χ1) is 14.2. The first-order valence-electron chi connectivity index (χ1n) is 9.27. The van der Waals surface area contributed by atoms with Crippen LogP contribution in [0.4, 0.5) is 30.4 Å². The molecule has 0 spiro atoms. The molecule has 2 atom stereocenters. The zero-order chi connectivity index (χ0) is 21.5. The molecule has 1 amide bonds. The Morgan fingerprint density at radius 1 is 1.27 bits per heavy atom. The van der Waals surface area contributed by atoms with Crippen LogP contribution in [0.15, 0.2) is 53.1 Å². The smallest absolute Gasteiger partial charge is 0.410 e. The standard InChI is InChI=1S/C20H20F3N5O2/c1-27(2)13-7-5-12(6-8-13)24-19(29)15-11-18-25-14(16-4-3-9-30-16)10-17(20(21,22)23)28(18)26-15/h3-9,11,14,17,25H,10H2,1-2H3,(H,24,29)/t14-,17-/m0/s1. The molecule has 7 nitrogen and oxygen atoms in total. The minimum Gasteiger partial charge on any atom is -0.467 e. The SMILES string of the molecule is CN(C)c1ccc(NC(=O)c2cc3n(n2)[C@H](C(F)(F)F)C[C@@H](c2ccco2)N3)cc1. The molecule has 30 heavy (non-hydrogen) atoms. The fourth-order valence-corrected chi connectivity index (χ4v) is 3.40. The number of alkyl halides is 3. The summed E-state index contributed by atoms with van der Waals surface area (Å²) in [6.45, 7) is 0. The number of hydrogen-bond donors (Lipinski definition) is 2. The van der Waals surface area contributed by atoms with E-state index in [9.17, 15) is 18.0 Å². The predicted octanol–water partition coefficient (Wildman–Crippen LogP) is 4.45. The van der Waals surface area contributed by atoms with E-state index >= 15 is 0 Å². The first kappa shape index (κ1) is 19.9. The normalized spacial score (nSPS) is 18.4. The van der Waals surface area contributed by atoms with Gasteiger partial charge >= 0.3 is 6.18 Å². The number of nitrogens with one attached hydrogen (secondary N) is 2. The average Bonchev–Trinajstić information content (AvgIpc) is 3.36. The van der Waals surface area contributed by atoms with Crippen molar-refractivity contribution in [1.82, 2.24) is 9.78 Å². The summed E-state index contributed by atoms with van der Waals surface area (Å²) in [6, 6.07) is 9.08. The molecule has 3 aromatic rings. The third kappa shape index (κ3) is 3.85. The number of benzene rings is 1. The Kier molecular flexibility index (Phi) is 4.92. The number of halogens is 3. The molecular weight excluding hydrogens is 399 g/mol. The second-order valence-electron chi connectivity index (χ2n) is 7.26. The fraction of sp³-hybridized carbons (Fsp3) is 0.300. The minimum absolute atomic E-state index is 0.108. The van der Waals surface area contributed by atoms with Gasteiger partial charge in [0.15, 0.2) is 11.7 Å². The van der Waals surface area contributed by atoms with Gasteiger partial charge in [0, 0.05) is 38.0 Å². The van der Waals surface area contributed by atoms with E-state index in [1.807, 2.05) is 31.1 Å². The molecule has 1 aliphatic rings. The Labute approximate surface area is 170 Å². The van der Waals surface area contributed by atoms with Gasteiger partial charge in [-0.1, -0.05) is 0 Å². The van der Waals surface area contributed by atoms with E-state index < -0.39 is 24.2 Å². The van der Waals surface area contributed by atoms with Gasteiger partial charge in [-0.05, 0) is 36.4 Å². The molecule has 10 heteroatoms. The van der Waals surface area contributed by atoms with Crippen LogP contribution in [0.2, 0.25) is 0 Å². The second-order valence-corrected chi connectivity index (χ2v) is 7.26.